The van der Waals surface area contributed by atoms with Crippen molar-refractivity contribution in [2.45, 2.75) is 80.4 Å². The minimum atomic E-state index is -5.73. The van der Waals surface area contributed by atoms with Gasteiger partial charge in [0.1, 0.15) is 18.5 Å². The van der Waals surface area contributed by atoms with Crippen molar-refractivity contribution in [2.75, 3.05) is 12.4 Å². The largest absolute Gasteiger partial charge is 0.501 e. The molecule has 0 heterocycles. The molecule has 0 unspecified atom stereocenters. The quantitative estimate of drug-likeness (QED) is 0.106. The number of hydrogen-bond donors (Lipinski definition) is 4. The number of benzene rings is 4. The Hall–Kier alpha value is -5.26. The van der Waals surface area contributed by atoms with Crippen LogP contribution in [0.4, 0.5) is 23.2 Å². The minimum absolute atomic E-state index is 0.103. The first-order valence-corrected chi connectivity index (χ1v) is 19.5. The summed E-state index contributed by atoms with van der Waals surface area (Å²) in [4.78, 5) is 39.1. The summed E-state index contributed by atoms with van der Waals surface area (Å²) < 4.78 is 95.4. The van der Waals surface area contributed by atoms with Crippen LogP contribution in [0.25, 0.3) is 10.8 Å². The third-order valence-corrected chi connectivity index (χ3v) is 12.1. The van der Waals surface area contributed by atoms with Crippen molar-refractivity contribution in [3.8, 4) is 11.5 Å². The molecule has 0 spiro atoms. The van der Waals surface area contributed by atoms with Gasteiger partial charge in [-0.3, -0.25) is 14.4 Å². The van der Waals surface area contributed by atoms with E-state index in [0.717, 1.165) is 40.6 Å². The van der Waals surface area contributed by atoms with Crippen LogP contribution in [0, 0.1) is 17.2 Å². The number of sulfone groups is 1. The summed E-state index contributed by atoms with van der Waals surface area (Å²) in [6, 6.07) is 17.6. The molecular weight excluding hydrogens is 777 g/mol. The molecule has 4 aromatic carbocycles. The summed E-state index contributed by atoms with van der Waals surface area (Å²) in [7, 11) is -4.55. The van der Waals surface area contributed by atoms with Crippen LogP contribution >= 0.6 is 0 Å². The molecule has 0 bridgehead atoms. The monoisotopic (exact) mass is 816 g/mol. The number of rotatable bonds is 11. The van der Waals surface area contributed by atoms with Crippen molar-refractivity contribution < 1.29 is 64.8 Å². The highest BCUT2D eigenvalue weighted by molar-refractivity contribution is 7.92. The van der Waals surface area contributed by atoms with Crippen molar-refractivity contribution in [3.63, 3.8) is 0 Å². The van der Waals surface area contributed by atoms with Gasteiger partial charge in [-0.05, 0) is 79.6 Å². The van der Waals surface area contributed by atoms with Gasteiger partial charge in [-0.2, -0.15) is 13.2 Å². The number of esters is 1. The maximum Gasteiger partial charge on any atom is 0.501 e. The number of aliphatic hydroxyl groups is 2. The Bertz CT molecular complexity index is 2270. The highest BCUT2D eigenvalue weighted by Gasteiger charge is 2.48. The maximum atomic E-state index is 15.3. The van der Waals surface area contributed by atoms with Crippen molar-refractivity contribution in [1.29, 1.82) is 0 Å². The molecule has 0 saturated heterocycles. The summed E-state index contributed by atoms with van der Waals surface area (Å²) >= 11 is 0. The zero-order valence-electron chi connectivity index (χ0n) is 30.7. The Morgan fingerprint density at radius 2 is 1.61 bits per heavy atom. The Kier molecular flexibility index (Phi) is 11.8. The van der Waals surface area contributed by atoms with Crippen LogP contribution in [0.3, 0.4) is 0 Å². The molecule has 12 nitrogen and oxygen atoms in total. The Morgan fingerprint density at radius 1 is 0.930 bits per heavy atom. The van der Waals surface area contributed by atoms with Crippen LogP contribution in [0.1, 0.15) is 54.9 Å². The number of amides is 2. The van der Waals surface area contributed by atoms with E-state index in [1.54, 1.807) is 0 Å². The van der Waals surface area contributed by atoms with E-state index >= 15 is 4.39 Å². The topological polar surface area (TPSA) is 178 Å². The van der Waals surface area contributed by atoms with Crippen LogP contribution in [0.2, 0.25) is 0 Å². The molecule has 0 aromatic heterocycles. The number of nitrogens with one attached hydrogen (secondary N) is 2. The molecule has 2 aliphatic carbocycles. The van der Waals surface area contributed by atoms with Gasteiger partial charge in [0, 0.05) is 11.8 Å². The molecule has 2 amide bonds. The molecule has 4 aromatic rings. The second kappa shape index (κ2) is 16.3. The van der Waals surface area contributed by atoms with E-state index in [9.17, 15) is 46.2 Å². The van der Waals surface area contributed by atoms with E-state index in [1.807, 2.05) is 49.4 Å². The van der Waals surface area contributed by atoms with Crippen LogP contribution in [-0.4, -0.2) is 73.4 Å². The number of fused-ring (bicyclic) bond motifs is 1. The van der Waals surface area contributed by atoms with Crippen molar-refractivity contribution in [3.05, 3.63) is 95.8 Å². The number of methoxy groups -OCH3 is 1. The zero-order chi connectivity index (χ0) is 41.3. The predicted molar refractivity (Wildman–Crippen MR) is 197 cm³/mol. The van der Waals surface area contributed by atoms with Crippen molar-refractivity contribution in [1.82, 2.24) is 5.32 Å². The van der Waals surface area contributed by atoms with Gasteiger partial charge in [0.25, 0.3) is 15.7 Å². The fourth-order valence-electron chi connectivity index (χ4n) is 7.26. The normalized spacial score (nSPS) is 23.8. The molecule has 17 heteroatoms. The minimum Gasteiger partial charge on any atom is -0.496 e. The summed E-state index contributed by atoms with van der Waals surface area (Å²) in [5.74, 6) is -4.99. The molecule has 0 radical (unpaired) electrons. The molecule has 57 heavy (non-hydrogen) atoms. The summed E-state index contributed by atoms with van der Waals surface area (Å²) in [5, 5.41) is 27.9. The van der Waals surface area contributed by atoms with Crippen LogP contribution in [0.15, 0.2) is 83.8 Å². The van der Waals surface area contributed by atoms with Gasteiger partial charge in [-0.25, -0.2) is 12.8 Å². The average Bonchev–Trinajstić information content (AvgIpc) is 3.46. The first-order chi connectivity index (χ1) is 26.9. The number of ether oxygens (including phenoxy) is 3. The highest BCUT2D eigenvalue weighted by Crippen LogP contribution is 2.40. The molecule has 0 aliphatic heterocycles. The number of halogens is 4. The van der Waals surface area contributed by atoms with Crippen LogP contribution in [0.5, 0.6) is 11.5 Å². The molecule has 2 fully saturated rings. The summed E-state index contributed by atoms with van der Waals surface area (Å²) in [5.41, 5.74) is -6.10. The molecule has 6 rings (SSSR count). The van der Waals surface area contributed by atoms with Gasteiger partial charge in [0.05, 0.1) is 47.2 Å². The molecule has 2 saturated carbocycles. The average molecular weight is 817 g/mol. The predicted octanol–water partition coefficient (Wildman–Crippen LogP) is 5.83. The number of alkyl halides is 3. The van der Waals surface area contributed by atoms with Crippen LogP contribution < -0.4 is 20.1 Å². The van der Waals surface area contributed by atoms with E-state index in [0.29, 0.717) is 37.8 Å². The lowest BCUT2D eigenvalue weighted by Crippen LogP contribution is -2.48. The summed E-state index contributed by atoms with van der Waals surface area (Å²) in [6.07, 6.45) is -2.63. The van der Waals surface area contributed by atoms with Gasteiger partial charge in [-0.15, -0.1) is 0 Å². The zero-order valence-corrected chi connectivity index (χ0v) is 31.5. The number of carbonyl (C=O) groups excluding carboxylic acids is 3. The molecule has 4 N–H and O–H groups in total. The van der Waals surface area contributed by atoms with Gasteiger partial charge in [0.15, 0.2) is 11.6 Å². The SMILES string of the molecule is COc1cc(F)c(O[C@H]2CC[C@@](C)(C(=O)OCc3cccc4ccccc34)CC2)cc1C(=O)N[C@@H]1[C@@H](O)[C@@H](O)C[C@@H]1C(=O)Nc1cccc(S(=O)(=O)C(F)(F)F)c1. The van der Waals surface area contributed by atoms with E-state index in [-0.39, 0.29) is 41.7 Å². The maximum absolute atomic E-state index is 15.3. The van der Waals surface area contributed by atoms with E-state index < -0.39 is 73.6 Å². The van der Waals surface area contributed by atoms with Gasteiger partial charge >= 0.3 is 11.5 Å². The second-order valence-electron chi connectivity index (χ2n) is 14.4. The number of anilines is 1. The van der Waals surface area contributed by atoms with Crippen molar-refractivity contribution in [2.24, 2.45) is 11.3 Å². The Labute approximate surface area is 325 Å². The summed E-state index contributed by atoms with van der Waals surface area (Å²) in [6.45, 7) is 1.91. The second-order valence-corrected chi connectivity index (χ2v) is 16.4. The van der Waals surface area contributed by atoms with Gasteiger partial charge in [-0.1, -0.05) is 48.5 Å². The van der Waals surface area contributed by atoms with E-state index in [4.69, 9.17) is 14.2 Å². The third kappa shape index (κ3) is 8.70. The number of carbonyl (C=O) groups is 3. The lowest BCUT2D eigenvalue weighted by atomic mass is 9.74. The standard InChI is InChI=1S/C40H40F4N2O10S/c1-39(38(51)55-21-23-9-5-8-22-7-3-4-12-27(22)23)15-13-25(14-16-39)56-33-19-28(32(54-2)20-30(33)41)36(49)46-34-29(18-31(47)35(34)48)37(50)45-24-10-6-11-26(17-24)57(52,53)40(42,43)44/h3-12,17,19-20,25,29,31,34-35,47-48H,13-16,18,21H2,1-2H3,(H,45,50)(H,46,49)/t25-,29-,31-,34-,35-,39+/m0/s1. The Balaban J connectivity index is 1.10. The van der Waals surface area contributed by atoms with Gasteiger partial charge < -0.3 is 35.1 Å². The fraction of sp³-hybridized carbons (Fsp3) is 0.375. The van der Waals surface area contributed by atoms with Gasteiger partial charge in [0.2, 0.25) is 5.91 Å². The van der Waals surface area contributed by atoms with Crippen LogP contribution in [-0.2, 0) is 30.8 Å². The molecule has 304 valence electrons. The number of aliphatic hydroxyl groups excluding tert-OH is 2. The lowest BCUT2D eigenvalue weighted by molar-refractivity contribution is -0.159. The smallest absolute Gasteiger partial charge is 0.496 e. The lowest BCUT2D eigenvalue weighted by Gasteiger charge is -2.35. The Morgan fingerprint density at radius 3 is 2.32 bits per heavy atom. The third-order valence-electron chi connectivity index (χ3n) is 10.6. The van der Waals surface area contributed by atoms with E-state index in [1.165, 1.54) is 7.11 Å². The van der Waals surface area contributed by atoms with E-state index in [2.05, 4.69) is 10.6 Å². The number of hydrogen-bond acceptors (Lipinski definition) is 10. The van der Waals surface area contributed by atoms with Crippen molar-refractivity contribution >= 4 is 44.1 Å². The molecule has 4 atom stereocenters. The first kappa shape index (κ1) is 41.4. The first-order valence-electron chi connectivity index (χ1n) is 18.0. The fourth-order valence-corrected chi connectivity index (χ4v) is 8.06. The molecular formula is C40H40F4N2O10S. The molecule has 2 aliphatic rings. The highest BCUT2D eigenvalue weighted by atomic mass is 32.2.